The summed E-state index contributed by atoms with van der Waals surface area (Å²) in [6.45, 7) is 0. The van der Waals surface area contributed by atoms with Crippen LogP contribution in [0.5, 0.6) is 5.75 Å². The number of aromatic hydroxyl groups is 1. The fourth-order valence-corrected chi connectivity index (χ4v) is 4.56. The lowest BCUT2D eigenvalue weighted by Gasteiger charge is -2.45. The van der Waals surface area contributed by atoms with Crippen molar-refractivity contribution in [1.82, 2.24) is 30.0 Å². The Bertz CT molecular complexity index is 1010. The molecular weight excluding hydrogens is 385 g/mol. The van der Waals surface area contributed by atoms with Gasteiger partial charge in [0.05, 0.1) is 24.3 Å². The predicted molar refractivity (Wildman–Crippen MR) is 110 cm³/mol. The molecule has 4 heterocycles. The Kier molecular flexibility index (Phi) is 4.82. The molecule has 4 atom stereocenters. The standard InChI is InChI=1S/C21H24FN7O/c1-28(18-9-13-3-2-4-16(25-13)20(18)22)21-24-11-17(26-27-21)15-6-5-14(10-19(15)30)29-8-7-23-12-29/h5-8,10-13,16,18,20,25,30H,2-4,9H2,1H3/t13?,16?,18-,20-/m1/s1. The van der Waals surface area contributed by atoms with Crippen molar-refractivity contribution in [2.24, 2.45) is 0 Å². The summed E-state index contributed by atoms with van der Waals surface area (Å²) in [5, 5.41) is 22.3. The fourth-order valence-electron chi connectivity index (χ4n) is 4.56. The quantitative estimate of drug-likeness (QED) is 0.684. The van der Waals surface area contributed by atoms with E-state index in [0.29, 0.717) is 23.2 Å². The van der Waals surface area contributed by atoms with Crippen LogP contribution < -0.4 is 10.2 Å². The number of hydrogen-bond donors (Lipinski definition) is 2. The number of piperidine rings is 2. The van der Waals surface area contributed by atoms with Crippen LogP contribution >= 0.6 is 0 Å². The maximum absolute atomic E-state index is 15.0. The van der Waals surface area contributed by atoms with Gasteiger partial charge in [0.2, 0.25) is 5.95 Å². The zero-order valence-corrected chi connectivity index (χ0v) is 16.7. The van der Waals surface area contributed by atoms with Gasteiger partial charge in [0.1, 0.15) is 17.6 Å². The van der Waals surface area contributed by atoms with Crippen molar-refractivity contribution in [2.45, 2.75) is 50.0 Å². The minimum Gasteiger partial charge on any atom is -0.507 e. The summed E-state index contributed by atoms with van der Waals surface area (Å²) in [6.07, 6.45) is 9.50. The second-order valence-corrected chi connectivity index (χ2v) is 8.07. The van der Waals surface area contributed by atoms with Gasteiger partial charge in [-0.05, 0) is 31.4 Å². The van der Waals surface area contributed by atoms with E-state index < -0.39 is 6.17 Å². The van der Waals surface area contributed by atoms with Crippen LogP contribution in [0.1, 0.15) is 25.7 Å². The van der Waals surface area contributed by atoms with Crippen molar-refractivity contribution >= 4 is 5.95 Å². The third-order valence-corrected chi connectivity index (χ3v) is 6.22. The molecule has 30 heavy (non-hydrogen) atoms. The summed E-state index contributed by atoms with van der Waals surface area (Å²) in [4.78, 5) is 10.2. The number of aromatic nitrogens is 5. The highest BCUT2D eigenvalue weighted by molar-refractivity contribution is 5.68. The van der Waals surface area contributed by atoms with Crippen LogP contribution in [0, 0.1) is 0 Å². The van der Waals surface area contributed by atoms with E-state index >= 15 is 0 Å². The van der Waals surface area contributed by atoms with Crippen LogP contribution in [-0.2, 0) is 0 Å². The van der Waals surface area contributed by atoms with Crippen LogP contribution in [0.4, 0.5) is 10.3 Å². The number of nitrogens with zero attached hydrogens (tertiary/aromatic N) is 6. The Morgan fingerprint density at radius 1 is 1.27 bits per heavy atom. The number of phenols is 1. The minimum absolute atomic E-state index is 0.0772. The molecule has 9 heteroatoms. The molecule has 5 rings (SSSR count). The molecule has 2 bridgehead atoms. The van der Waals surface area contributed by atoms with Crippen molar-refractivity contribution in [3.05, 3.63) is 43.1 Å². The first-order valence-electron chi connectivity index (χ1n) is 10.2. The van der Waals surface area contributed by atoms with E-state index in [0.717, 1.165) is 31.4 Å². The van der Waals surface area contributed by atoms with Crippen molar-refractivity contribution in [2.75, 3.05) is 11.9 Å². The molecule has 0 spiro atoms. The Labute approximate surface area is 173 Å². The van der Waals surface area contributed by atoms with Gasteiger partial charge in [0.15, 0.2) is 0 Å². The Balaban J connectivity index is 1.35. The highest BCUT2D eigenvalue weighted by Crippen LogP contribution is 2.32. The molecule has 2 aromatic heterocycles. The lowest BCUT2D eigenvalue weighted by Crippen LogP contribution is -2.61. The van der Waals surface area contributed by atoms with E-state index in [1.54, 1.807) is 46.5 Å². The maximum atomic E-state index is 15.0. The van der Waals surface area contributed by atoms with Gasteiger partial charge in [-0.3, -0.25) is 0 Å². The SMILES string of the molecule is CN(c1ncc(-c2ccc(-n3ccnc3)cc2O)nn1)[C@@H]1CC2CCCC(N2)[C@H]1F. The number of anilines is 1. The monoisotopic (exact) mass is 409 g/mol. The Morgan fingerprint density at radius 2 is 2.17 bits per heavy atom. The van der Waals surface area contributed by atoms with Crippen molar-refractivity contribution in [3.8, 4) is 22.7 Å². The van der Waals surface area contributed by atoms with E-state index in [9.17, 15) is 9.50 Å². The van der Waals surface area contributed by atoms with Gasteiger partial charge in [0, 0.05) is 43.2 Å². The number of benzene rings is 1. The average molecular weight is 409 g/mol. The van der Waals surface area contributed by atoms with Gasteiger partial charge in [0.25, 0.3) is 0 Å². The normalized spacial score (nSPS) is 25.8. The molecule has 156 valence electrons. The molecule has 1 aromatic carbocycles. The van der Waals surface area contributed by atoms with E-state index in [1.165, 1.54) is 0 Å². The summed E-state index contributed by atoms with van der Waals surface area (Å²) in [7, 11) is 1.83. The zero-order chi connectivity index (χ0) is 20.7. The molecule has 2 aliphatic heterocycles. The highest BCUT2D eigenvalue weighted by Gasteiger charge is 2.42. The summed E-state index contributed by atoms with van der Waals surface area (Å²) in [5.41, 5.74) is 1.78. The second kappa shape index (κ2) is 7.64. The molecule has 0 radical (unpaired) electrons. The number of hydrogen-bond acceptors (Lipinski definition) is 7. The number of rotatable bonds is 4. The van der Waals surface area contributed by atoms with Crippen LogP contribution in [0.15, 0.2) is 43.1 Å². The number of phenolic OH excluding ortho intramolecular Hbond substituents is 1. The minimum atomic E-state index is -0.963. The van der Waals surface area contributed by atoms with Crippen LogP contribution in [0.2, 0.25) is 0 Å². The summed E-state index contributed by atoms with van der Waals surface area (Å²) in [5.74, 6) is 0.467. The number of nitrogens with one attached hydrogen (secondary N) is 1. The van der Waals surface area contributed by atoms with Gasteiger partial charge >= 0.3 is 0 Å². The van der Waals surface area contributed by atoms with E-state index in [2.05, 4.69) is 25.5 Å². The molecular formula is C21H24FN7O. The molecule has 2 saturated heterocycles. The van der Waals surface area contributed by atoms with E-state index in [1.807, 2.05) is 13.1 Å². The number of alkyl halides is 1. The number of halogens is 1. The second-order valence-electron chi connectivity index (χ2n) is 8.07. The molecule has 8 nitrogen and oxygen atoms in total. The van der Waals surface area contributed by atoms with Crippen molar-refractivity contribution < 1.29 is 9.50 Å². The highest BCUT2D eigenvalue weighted by atomic mass is 19.1. The Morgan fingerprint density at radius 3 is 2.90 bits per heavy atom. The Hall–Kier alpha value is -3.07. The van der Waals surface area contributed by atoms with Crippen molar-refractivity contribution in [1.29, 1.82) is 0 Å². The molecule has 3 aromatic rings. The summed E-state index contributed by atoms with van der Waals surface area (Å²) in [6, 6.07) is 5.26. The lowest BCUT2D eigenvalue weighted by atomic mass is 9.82. The van der Waals surface area contributed by atoms with Crippen LogP contribution in [0.3, 0.4) is 0 Å². The fraction of sp³-hybridized carbons (Fsp3) is 0.429. The average Bonchev–Trinajstić information content (AvgIpc) is 3.31. The van der Waals surface area contributed by atoms with Gasteiger partial charge in [-0.2, -0.15) is 0 Å². The number of imidazole rings is 1. The van der Waals surface area contributed by atoms with E-state index in [4.69, 9.17) is 0 Å². The number of fused-ring (bicyclic) bond motifs is 2. The molecule has 2 aliphatic rings. The topological polar surface area (TPSA) is 92.0 Å². The third-order valence-electron chi connectivity index (χ3n) is 6.22. The first kappa shape index (κ1) is 18.9. The van der Waals surface area contributed by atoms with Gasteiger partial charge in [-0.1, -0.05) is 6.42 Å². The molecule has 2 fully saturated rings. The molecule has 2 unspecified atom stereocenters. The van der Waals surface area contributed by atoms with Crippen LogP contribution in [-0.4, -0.2) is 61.2 Å². The largest absolute Gasteiger partial charge is 0.507 e. The first-order chi connectivity index (χ1) is 14.6. The third kappa shape index (κ3) is 3.39. The van der Waals surface area contributed by atoms with Gasteiger partial charge < -0.3 is 19.9 Å². The zero-order valence-electron chi connectivity index (χ0n) is 16.7. The van der Waals surface area contributed by atoms with E-state index in [-0.39, 0.29) is 17.8 Å². The van der Waals surface area contributed by atoms with Gasteiger partial charge in [-0.25, -0.2) is 14.4 Å². The lowest BCUT2D eigenvalue weighted by molar-refractivity contribution is 0.106. The summed E-state index contributed by atoms with van der Waals surface area (Å²) < 4.78 is 16.8. The van der Waals surface area contributed by atoms with Crippen molar-refractivity contribution in [3.63, 3.8) is 0 Å². The van der Waals surface area contributed by atoms with Gasteiger partial charge in [-0.15, -0.1) is 10.2 Å². The molecule has 0 amide bonds. The maximum Gasteiger partial charge on any atom is 0.245 e. The molecule has 2 N–H and O–H groups in total. The summed E-state index contributed by atoms with van der Waals surface area (Å²) >= 11 is 0. The molecule has 0 saturated carbocycles. The smallest absolute Gasteiger partial charge is 0.245 e. The first-order valence-corrected chi connectivity index (χ1v) is 10.2. The predicted octanol–water partition coefficient (Wildman–Crippen LogP) is 2.49. The van der Waals surface area contributed by atoms with Crippen LogP contribution in [0.25, 0.3) is 16.9 Å². The molecule has 0 aliphatic carbocycles.